The molecule has 0 spiro atoms. The smallest absolute Gasteiger partial charge is 0.0684 e. The van der Waals surface area contributed by atoms with Gasteiger partial charge in [0.2, 0.25) is 0 Å². The monoisotopic (exact) mass is 178 g/mol. The molecule has 2 rings (SSSR count). The maximum atomic E-state index is 4.61. The molecule has 0 saturated carbocycles. The van der Waals surface area contributed by atoms with Crippen molar-refractivity contribution in [3.63, 3.8) is 0 Å². The summed E-state index contributed by atoms with van der Waals surface area (Å²) in [6.07, 6.45) is 5.16. The zero-order chi connectivity index (χ0) is 9.42. The normalized spacial score (nSPS) is 16.3. The summed E-state index contributed by atoms with van der Waals surface area (Å²) in [7, 11) is 2.08. The lowest BCUT2D eigenvalue weighted by atomic mass is 9.92. The van der Waals surface area contributed by atoms with Gasteiger partial charge in [-0.1, -0.05) is 13.8 Å². The van der Waals surface area contributed by atoms with Gasteiger partial charge >= 0.3 is 0 Å². The maximum Gasteiger partial charge on any atom is 0.0684 e. The highest BCUT2D eigenvalue weighted by Gasteiger charge is 2.20. The van der Waals surface area contributed by atoms with Crippen molar-refractivity contribution in [2.24, 2.45) is 7.05 Å². The number of rotatable bonds is 1. The highest BCUT2D eigenvalue weighted by molar-refractivity contribution is 5.30. The predicted octanol–water partition coefficient (Wildman–Crippen LogP) is 2.42. The van der Waals surface area contributed by atoms with Gasteiger partial charge in [0.1, 0.15) is 0 Å². The van der Waals surface area contributed by atoms with Crippen LogP contribution in [-0.4, -0.2) is 9.78 Å². The Morgan fingerprint density at radius 1 is 1.23 bits per heavy atom. The van der Waals surface area contributed by atoms with Gasteiger partial charge in [-0.15, -0.1) is 0 Å². The van der Waals surface area contributed by atoms with Crippen LogP contribution in [0.2, 0.25) is 0 Å². The van der Waals surface area contributed by atoms with Gasteiger partial charge in [-0.3, -0.25) is 4.68 Å². The van der Waals surface area contributed by atoms with Gasteiger partial charge in [-0.25, -0.2) is 0 Å². The second-order valence-electron chi connectivity index (χ2n) is 4.30. The summed E-state index contributed by atoms with van der Waals surface area (Å²) in [5, 5.41) is 4.61. The van der Waals surface area contributed by atoms with Crippen LogP contribution in [0.25, 0.3) is 0 Å². The van der Waals surface area contributed by atoms with E-state index in [0.717, 1.165) is 0 Å². The third-order valence-corrected chi connectivity index (χ3v) is 2.94. The van der Waals surface area contributed by atoms with Crippen molar-refractivity contribution < 1.29 is 0 Å². The average molecular weight is 178 g/mol. The Kier molecular flexibility index (Phi) is 2.14. The highest BCUT2D eigenvalue weighted by atomic mass is 15.3. The fourth-order valence-electron chi connectivity index (χ4n) is 2.27. The Hall–Kier alpha value is -0.790. The quantitative estimate of drug-likeness (QED) is 0.645. The minimum absolute atomic E-state index is 0.577. The molecular formula is C11H18N2. The van der Waals surface area contributed by atoms with Gasteiger partial charge in [0.05, 0.1) is 5.69 Å². The molecule has 0 saturated heterocycles. The first kappa shape index (κ1) is 8.79. The number of aromatic nitrogens is 2. The van der Waals surface area contributed by atoms with E-state index in [9.17, 15) is 0 Å². The van der Waals surface area contributed by atoms with Crippen LogP contribution in [0.15, 0.2) is 0 Å². The van der Waals surface area contributed by atoms with Crippen LogP contribution in [0.1, 0.15) is 49.6 Å². The lowest BCUT2D eigenvalue weighted by Gasteiger charge is -2.13. The Morgan fingerprint density at radius 3 is 2.62 bits per heavy atom. The first-order valence-electron chi connectivity index (χ1n) is 5.24. The van der Waals surface area contributed by atoms with Crippen LogP contribution < -0.4 is 0 Å². The summed E-state index contributed by atoms with van der Waals surface area (Å²) in [6.45, 7) is 4.47. The van der Waals surface area contributed by atoms with Gasteiger partial charge < -0.3 is 0 Å². The summed E-state index contributed by atoms with van der Waals surface area (Å²) in [4.78, 5) is 0. The second-order valence-corrected chi connectivity index (χ2v) is 4.30. The minimum Gasteiger partial charge on any atom is -0.272 e. The van der Waals surface area contributed by atoms with Crippen LogP contribution in [0.4, 0.5) is 0 Å². The summed E-state index contributed by atoms with van der Waals surface area (Å²) in [5.74, 6) is 0.577. The molecule has 0 N–H and O–H groups in total. The SMILES string of the molecule is CC(C)c1nn(C)c2c1CCCC2. The highest BCUT2D eigenvalue weighted by Crippen LogP contribution is 2.27. The Labute approximate surface area is 80.0 Å². The zero-order valence-electron chi connectivity index (χ0n) is 8.80. The van der Waals surface area contributed by atoms with Gasteiger partial charge in [-0.05, 0) is 37.2 Å². The molecule has 1 aliphatic rings. The van der Waals surface area contributed by atoms with Crippen molar-refractivity contribution in [3.8, 4) is 0 Å². The average Bonchev–Trinajstić information content (AvgIpc) is 2.45. The van der Waals surface area contributed by atoms with E-state index in [-0.39, 0.29) is 0 Å². The van der Waals surface area contributed by atoms with E-state index >= 15 is 0 Å². The number of fused-ring (bicyclic) bond motifs is 1. The Bertz CT molecular complexity index is 310. The second kappa shape index (κ2) is 3.17. The molecule has 0 fully saturated rings. The zero-order valence-corrected chi connectivity index (χ0v) is 8.80. The first-order chi connectivity index (χ1) is 6.20. The van der Waals surface area contributed by atoms with Crippen molar-refractivity contribution in [2.45, 2.75) is 45.4 Å². The molecule has 2 heteroatoms. The lowest BCUT2D eigenvalue weighted by Crippen LogP contribution is -2.06. The number of nitrogens with zero attached hydrogens (tertiary/aromatic N) is 2. The molecule has 0 bridgehead atoms. The molecule has 1 heterocycles. The van der Waals surface area contributed by atoms with E-state index in [1.165, 1.54) is 37.1 Å². The largest absolute Gasteiger partial charge is 0.272 e. The van der Waals surface area contributed by atoms with Crippen molar-refractivity contribution in [2.75, 3.05) is 0 Å². The first-order valence-corrected chi connectivity index (χ1v) is 5.24. The third kappa shape index (κ3) is 1.38. The van der Waals surface area contributed by atoms with Crippen molar-refractivity contribution in [1.82, 2.24) is 9.78 Å². The minimum atomic E-state index is 0.577. The summed E-state index contributed by atoms with van der Waals surface area (Å²) in [6, 6.07) is 0. The van der Waals surface area contributed by atoms with Gasteiger partial charge in [0, 0.05) is 12.7 Å². The van der Waals surface area contributed by atoms with Gasteiger partial charge in [0.25, 0.3) is 0 Å². The molecule has 13 heavy (non-hydrogen) atoms. The van der Waals surface area contributed by atoms with Crippen LogP contribution in [0.3, 0.4) is 0 Å². The van der Waals surface area contributed by atoms with E-state index in [2.05, 4.69) is 30.7 Å². The molecule has 2 nitrogen and oxygen atoms in total. The number of aryl methyl sites for hydroxylation is 1. The van der Waals surface area contributed by atoms with E-state index in [1.807, 2.05) is 0 Å². The third-order valence-electron chi connectivity index (χ3n) is 2.94. The van der Waals surface area contributed by atoms with Gasteiger partial charge in [-0.2, -0.15) is 5.10 Å². The van der Waals surface area contributed by atoms with E-state index in [4.69, 9.17) is 0 Å². The van der Waals surface area contributed by atoms with Crippen LogP contribution in [-0.2, 0) is 19.9 Å². The predicted molar refractivity (Wildman–Crippen MR) is 53.9 cm³/mol. The molecule has 0 unspecified atom stereocenters. The van der Waals surface area contributed by atoms with Crippen molar-refractivity contribution in [3.05, 3.63) is 17.0 Å². The maximum absolute atomic E-state index is 4.61. The van der Waals surface area contributed by atoms with E-state index in [0.29, 0.717) is 5.92 Å². The fourth-order valence-corrected chi connectivity index (χ4v) is 2.27. The topological polar surface area (TPSA) is 17.8 Å². The molecule has 0 aliphatic heterocycles. The lowest BCUT2D eigenvalue weighted by molar-refractivity contribution is 0.625. The Morgan fingerprint density at radius 2 is 1.92 bits per heavy atom. The van der Waals surface area contributed by atoms with Crippen LogP contribution >= 0.6 is 0 Å². The van der Waals surface area contributed by atoms with Crippen molar-refractivity contribution >= 4 is 0 Å². The summed E-state index contributed by atoms with van der Waals surface area (Å²) in [5.41, 5.74) is 4.36. The molecule has 0 atom stereocenters. The van der Waals surface area contributed by atoms with Crippen LogP contribution in [0, 0.1) is 0 Å². The number of hydrogen-bond donors (Lipinski definition) is 0. The van der Waals surface area contributed by atoms with Gasteiger partial charge in [0.15, 0.2) is 0 Å². The molecular weight excluding hydrogens is 160 g/mol. The molecule has 0 aromatic carbocycles. The van der Waals surface area contributed by atoms with Crippen LogP contribution in [0.5, 0.6) is 0 Å². The van der Waals surface area contributed by atoms with Crippen molar-refractivity contribution in [1.29, 1.82) is 0 Å². The molecule has 0 amide bonds. The molecule has 1 aromatic heterocycles. The molecule has 1 aromatic rings. The molecule has 0 radical (unpaired) electrons. The standard InChI is InChI=1S/C11H18N2/c1-8(2)11-9-6-4-5-7-10(9)13(3)12-11/h8H,4-7H2,1-3H3. The van der Waals surface area contributed by atoms with E-state index < -0.39 is 0 Å². The number of hydrogen-bond acceptors (Lipinski definition) is 1. The summed E-state index contributed by atoms with van der Waals surface area (Å²) >= 11 is 0. The van der Waals surface area contributed by atoms with E-state index in [1.54, 1.807) is 5.56 Å². The Balaban J connectivity index is 2.47. The fraction of sp³-hybridized carbons (Fsp3) is 0.727. The molecule has 1 aliphatic carbocycles. The summed E-state index contributed by atoms with van der Waals surface area (Å²) < 4.78 is 2.09. The molecule has 72 valence electrons.